The van der Waals surface area contributed by atoms with Gasteiger partial charge in [-0.05, 0) is 20.3 Å². The van der Waals surface area contributed by atoms with Crippen molar-refractivity contribution in [3.63, 3.8) is 0 Å². The third-order valence-electron chi connectivity index (χ3n) is 3.67. The molecule has 0 bridgehead atoms. The largest absolute Gasteiger partial charge is 0.392 e. The van der Waals surface area contributed by atoms with E-state index in [9.17, 15) is 5.11 Å². The molecule has 1 saturated carbocycles. The van der Waals surface area contributed by atoms with Gasteiger partial charge in [-0.25, -0.2) is 4.98 Å². The fraction of sp³-hybridized carbons (Fsp3) is 0.750. The smallest absolute Gasteiger partial charge is 0.110 e. The summed E-state index contributed by atoms with van der Waals surface area (Å²) in [5, 5.41) is 16.4. The average Bonchev–Trinajstić information content (AvgIpc) is 2.64. The molecule has 3 nitrogen and oxygen atoms in total. The molecule has 1 aliphatic rings. The summed E-state index contributed by atoms with van der Waals surface area (Å²) in [5.74, 6) is 0. The maximum atomic E-state index is 9.68. The fourth-order valence-corrected chi connectivity index (χ4v) is 2.94. The zero-order chi connectivity index (χ0) is 11.9. The minimum atomic E-state index is -0.171. The zero-order valence-electron chi connectivity index (χ0n) is 10.3. The van der Waals surface area contributed by atoms with Gasteiger partial charge in [0.25, 0.3) is 0 Å². The molecule has 1 aromatic heterocycles. The predicted octanol–water partition coefficient (Wildman–Crippen LogP) is 2.26. The molecule has 0 aliphatic heterocycles. The van der Waals surface area contributed by atoms with Gasteiger partial charge >= 0.3 is 0 Å². The Balaban J connectivity index is 1.96. The van der Waals surface area contributed by atoms with Gasteiger partial charge in [-0.2, -0.15) is 0 Å². The van der Waals surface area contributed by atoms with E-state index in [1.54, 1.807) is 11.3 Å². The van der Waals surface area contributed by atoms with Crippen molar-refractivity contribution in [3.05, 3.63) is 16.1 Å². The van der Waals surface area contributed by atoms with Crippen molar-refractivity contribution >= 4 is 11.3 Å². The lowest BCUT2D eigenvalue weighted by molar-refractivity contribution is -0.0754. The molecule has 0 aromatic carbocycles. The van der Waals surface area contributed by atoms with E-state index in [2.05, 4.69) is 36.5 Å². The van der Waals surface area contributed by atoms with Crippen LogP contribution in [0, 0.1) is 12.3 Å². The van der Waals surface area contributed by atoms with Crippen molar-refractivity contribution in [2.24, 2.45) is 5.41 Å². The Morgan fingerprint density at radius 3 is 2.75 bits per heavy atom. The minimum Gasteiger partial charge on any atom is -0.392 e. The maximum Gasteiger partial charge on any atom is 0.110 e. The van der Waals surface area contributed by atoms with Crippen LogP contribution in [0.5, 0.6) is 0 Å². The van der Waals surface area contributed by atoms with Gasteiger partial charge in [-0.15, -0.1) is 11.3 Å². The lowest BCUT2D eigenvalue weighted by atomic mass is 9.64. The van der Waals surface area contributed by atoms with Crippen LogP contribution in [-0.4, -0.2) is 22.2 Å². The van der Waals surface area contributed by atoms with Crippen LogP contribution < -0.4 is 5.32 Å². The monoisotopic (exact) mass is 240 g/mol. The zero-order valence-corrected chi connectivity index (χ0v) is 11.1. The van der Waals surface area contributed by atoms with Gasteiger partial charge in [0.15, 0.2) is 0 Å². The van der Waals surface area contributed by atoms with E-state index in [0.717, 1.165) is 17.1 Å². The molecule has 2 rings (SSSR count). The Hall–Kier alpha value is -0.450. The Kier molecular flexibility index (Phi) is 3.07. The summed E-state index contributed by atoms with van der Waals surface area (Å²) >= 11 is 1.70. The van der Waals surface area contributed by atoms with Crippen molar-refractivity contribution in [1.29, 1.82) is 0 Å². The van der Waals surface area contributed by atoms with E-state index in [-0.39, 0.29) is 17.6 Å². The Morgan fingerprint density at radius 2 is 2.31 bits per heavy atom. The van der Waals surface area contributed by atoms with Crippen LogP contribution in [0.15, 0.2) is 5.38 Å². The molecule has 1 fully saturated rings. The first-order chi connectivity index (χ1) is 7.41. The Labute approximate surface area is 101 Å². The number of aliphatic hydroxyl groups excluding tert-OH is 1. The van der Waals surface area contributed by atoms with Crippen molar-refractivity contribution in [2.45, 2.75) is 52.3 Å². The van der Waals surface area contributed by atoms with Gasteiger partial charge < -0.3 is 10.4 Å². The van der Waals surface area contributed by atoms with Crippen LogP contribution >= 0.6 is 11.3 Å². The van der Waals surface area contributed by atoms with Crippen molar-refractivity contribution in [1.82, 2.24) is 10.3 Å². The van der Waals surface area contributed by atoms with E-state index in [0.29, 0.717) is 6.04 Å². The molecule has 3 unspecified atom stereocenters. The minimum absolute atomic E-state index is 0.0133. The molecule has 3 atom stereocenters. The third kappa shape index (κ3) is 2.01. The van der Waals surface area contributed by atoms with Gasteiger partial charge in [0.05, 0.1) is 12.1 Å². The molecule has 0 radical (unpaired) electrons. The number of aromatic nitrogens is 1. The van der Waals surface area contributed by atoms with Crippen LogP contribution in [0.1, 0.15) is 43.9 Å². The van der Waals surface area contributed by atoms with Crippen molar-refractivity contribution < 1.29 is 5.11 Å². The van der Waals surface area contributed by atoms with E-state index in [1.165, 1.54) is 0 Å². The molecule has 1 aliphatic carbocycles. The van der Waals surface area contributed by atoms with Crippen LogP contribution in [0.4, 0.5) is 0 Å². The molecule has 0 spiro atoms. The second-order valence-corrected chi connectivity index (χ2v) is 6.23. The van der Waals surface area contributed by atoms with Gasteiger partial charge in [0.1, 0.15) is 5.01 Å². The van der Waals surface area contributed by atoms with E-state index in [1.807, 2.05) is 6.92 Å². The Morgan fingerprint density at radius 1 is 1.62 bits per heavy atom. The van der Waals surface area contributed by atoms with E-state index >= 15 is 0 Å². The molecule has 1 aromatic rings. The predicted molar refractivity (Wildman–Crippen MR) is 66.6 cm³/mol. The van der Waals surface area contributed by atoms with Crippen LogP contribution in [-0.2, 0) is 0 Å². The second kappa shape index (κ2) is 4.09. The summed E-state index contributed by atoms with van der Waals surface area (Å²) in [6.45, 7) is 8.38. The fourth-order valence-electron chi connectivity index (χ4n) is 2.13. The summed E-state index contributed by atoms with van der Waals surface area (Å²) in [6.07, 6.45) is 0.678. The molecule has 16 heavy (non-hydrogen) atoms. The number of nitrogens with zero attached hydrogens (tertiary/aromatic N) is 1. The summed E-state index contributed by atoms with van der Waals surface area (Å²) < 4.78 is 0. The Bertz CT molecular complexity index is 375. The van der Waals surface area contributed by atoms with E-state index in [4.69, 9.17) is 0 Å². The van der Waals surface area contributed by atoms with Gasteiger partial charge in [-0.3, -0.25) is 0 Å². The molecular formula is C12H20N2OS. The highest BCUT2D eigenvalue weighted by atomic mass is 32.1. The van der Waals surface area contributed by atoms with Crippen LogP contribution in [0.25, 0.3) is 0 Å². The summed E-state index contributed by atoms with van der Waals surface area (Å²) in [6, 6.07) is 0.664. The lowest BCUT2D eigenvalue weighted by Crippen LogP contribution is -2.60. The van der Waals surface area contributed by atoms with Crippen LogP contribution in [0.3, 0.4) is 0 Å². The first kappa shape index (κ1) is 12.0. The first-order valence-corrected chi connectivity index (χ1v) is 6.65. The average molecular weight is 240 g/mol. The van der Waals surface area contributed by atoms with Gasteiger partial charge in [0.2, 0.25) is 0 Å². The molecule has 90 valence electrons. The van der Waals surface area contributed by atoms with Crippen molar-refractivity contribution in [3.8, 4) is 0 Å². The maximum absolute atomic E-state index is 9.68. The number of aliphatic hydroxyl groups is 1. The number of hydrogen-bond acceptors (Lipinski definition) is 4. The molecule has 1 heterocycles. The summed E-state index contributed by atoms with van der Waals surface area (Å²) in [4.78, 5) is 4.48. The van der Waals surface area contributed by atoms with Gasteiger partial charge in [0, 0.05) is 22.5 Å². The van der Waals surface area contributed by atoms with Gasteiger partial charge in [-0.1, -0.05) is 13.8 Å². The number of nitrogens with one attached hydrogen (secondary N) is 1. The standard InChI is InChI=1S/C12H20N2OS/c1-7-6-16-11(13-7)8(2)14-9-5-10(15)12(9,3)4/h6,8-10,14-15H,5H2,1-4H3. The summed E-state index contributed by atoms with van der Waals surface area (Å²) in [5.41, 5.74) is 1.07. The first-order valence-electron chi connectivity index (χ1n) is 5.77. The highest BCUT2D eigenvalue weighted by Gasteiger charge is 2.47. The number of rotatable bonds is 3. The molecule has 0 amide bonds. The molecule has 0 saturated heterocycles. The highest BCUT2D eigenvalue weighted by Crippen LogP contribution is 2.41. The number of hydrogen-bond donors (Lipinski definition) is 2. The second-order valence-electron chi connectivity index (χ2n) is 5.34. The molecule has 2 N–H and O–H groups in total. The lowest BCUT2D eigenvalue weighted by Gasteiger charge is -2.50. The summed E-state index contributed by atoms with van der Waals surface area (Å²) in [7, 11) is 0. The number of aryl methyl sites for hydroxylation is 1. The van der Waals surface area contributed by atoms with E-state index < -0.39 is 0 Å². The van der Waals surface area contributed by atoms with Crippen molar-refractivity contribution in [2.75, 3.05) is 0 Å². The van der Waals surface area contributed by atoms with Crippen LogP contribution in [0.2, 0.25) is 0 Å². The number of thiazole rings is 1. The molecular weight excluding hydrogens is 220 g/mol. The SMILES string of the molecule is Cc1csc(C(C)NC2CC(O)C2(C)C)n1. The third-order valence-corrected chi connectivity index (χ3v) is 4.82. The molecule has 4 heteroatoms. The highest BCUT2D eigenvalue weighted by molar-refractivity contribution is 7.09. The normalized spacial score (nSPS) is 29.8. The topological polar surface area (TPSA) is 45.1 Å². The quantitative estimate of drug-likeness (QED) is 0.852.